The van der Waals surface area contributed by atoms with Crippen molar-refractivity contribution in [3.05, 3.63) is 5.82 Å². The number of likely N-dealkylation sites (N-methyl/N-ethyl adjacent to an activating group) is 1. The number of anilines is 1. The lowest BCUT2D eigenvalue weighted by Crippen LogP contribution is -2.46. The van der Waals surface area contributed by atoms with Gasteiger partial charge in [0.15, 0.2) is 0 Å². The summed E-state index contributed by atoms with van der Waals surface area (Å²) in [7, 11) is 1.94. The second kappa shape index (κ2) is 4.87. The second-order valence-corrected chi connectivity index (χ2v) is 4.35. The molecule has 1 aliphatic rings. The van der Waals surface area contributed by atoms with Crippen LogP contribution in [0.2, 0.25) is 0 Å². The second-order valence-electron chi connectivity index (χ2n) is 3.62. The standard InChI is InChI=1S/C9H16N4OS/c1-7-11-9(15-12-7)13-3-4-14-8(6-13)5-10-2/h8,10H,3-6H2,1-2H3. The van der Waals surface area contributed by atoms with Crippen LogP contribution in [0.5, 0.6) is 0 Å². The Morgan fingerprint density at radius 1 is 1.67 bits per heavy atom. The molecule has 0 spiro atoms. The number of aromatic nitrogens is 2. The molecule has 84 valence electrons. The maximum Gasteiger partial charge on any atom is 0.205 e. The van der Waals surface area contributed by atoms with Crippen LogP contribution in [0, 0.1) is 6.92 Å². The zero-order valence-electron chi connectivity index (χ0n) is 9.06. The highest BCUT2D eigenvalue weighted by Crippen LogP contribution is 2.19. The number of rotatable bonds is 3. The molecular weight excluding hydrogens is 212 g/mol. The van der Waals surface area contributed by atoms with Crippen LogP contribution in [0.25, 0.3) is 0 Å². The molecule has 1 aromatic heterocycles. The van der Waals surface area contributed by atoms with Crippen LogP contribution in [-0.2, 0) is 4.74 Å². The summed E-state index contributed by atoms with van der Waals surface area (Å²) in [6, 6.07) is 0. The lowest BCUT2D eigenvalue weighted by atomic mass is 10.3. The van der Waals surface area contributed by atoms with E-state index in [0.29, 0.717) is 0 Å². The zero-order valence-corrected chi connectivity index (χ0v) is 9.88. The number of hydrogen-bond acceptors (Lipinski definition) is 6. The van der Waals surface area contributed by atoms with Crippen LogP contribution in [0.1, 0.15) is 5.82 Å². The van der Waals surface area contributed by atoms with E-state index in [1.54, 1.807) is 0 Å². The fraction of sp³-hybridized carbons (Fsp3) is 0.778. The van der Waals surface area contributed by atoms with E-state index >= 15 is 0 Å². The SMILES string of the molecule is CNCC1CN(c2nc(C)ns2)CCO1. The molecule has 1 aromatic rings. The van der Waals surface area contributed by atoms with Gasteiger partial charge >= 0.3 is 0 Å². The van der Waals surface area contributed by atoms with E-state index in [4.69, 9.17) is 4.74 Å². The Kier molecular flexibility index (Phi) is 3.50. The van der Waals surface area contributed by atoms with Crippen LogP contribution < -0.4 is 10.2 Å². The van der Waals surface area contributed by atoms with Gasteiger partial charge in [0.2, 0.25) is 5.13 Å². The Hall–Kier alpha value is -0.720. The Labute approximate surface area is 93.6 Å². The molecule has 2 rings (SSSR count). The summed E-state index contributed by atoms with van der Waals surface area (Å²) in [6.45, 7) is 5.38. The Bertz CT molecular complexity index is 315. The quantitative estimate of drug-likeness (QED) is 0.805. The van der Waals surface area contributed by atoms with Gasteiger partial charge in [-0.25, -0.2) is 4.98 Å². The predicted molar refractivity (Wildman–Crippen MR) is 60.5 cm³/mol. The number of ether oxygens (including phenoxy) is 1. The maximum atomic E-state index is 5.63. The Balaban J connectivity index is 1.98. The van der Waals surface area contributed by atoms with Crippen LogP contribution in [0.4, 0.5) is 5.13 Å². The van der Waals surface area contributed by atoms with Crippen molar-refractivity contribution in [3.63, 3.8) is 0 Å². The van der Waals surface area contributed by atoms with Crippen molar-refractivity contribution >= 4 is 16.7 Å². The molecule has 0 bridgehead atoms. The van der Waals surface area contributed by atoms with Gasteiger partial charge in [0, 0.05) is 31.2 Å². The van der Waals surface area contributed by atoms with Crippen LogP contribution in [-0.4, -0.2) is 48.8 Å². The first-order chi connectivity index (χ1) is 7.29. The molecule has 1 N–H and O–H groups in total. The summed E-state index contributed by atoms with van der Waals surface area (Å²) in [5.41, 5.74) is 0. The van der Waals surface area contributed by atoms with E-state index in [-0.39, 0.29) is 6.10 Å². The minimum atomic E-state index is 0.257. The van der Waals surface area contributed by atoms with Gasteiger partial charge < -0.3 is 15.0 Å². The summed E-state index contributed by atoms with van der Waals surface area (Å²) in [5.74, 6) is 0.853. The molecule has 2 heterocycles. The number of aryl methyl sites for hydroxylation is 1. The molecule has 5 nitrogen and oxygen atoms in total. The van der Waals surface area contributed by atoms with Gasteiger partial charge in [-0.2, -0.15) is 4.37 Å². The average Bonchev–Trinajstić information content (AvgIpc) is 2.66. The van der Waals surface area contributed by atoms with Gasteiger partial charge in [0.1, 0.15) is 5.82 Å². The summed E-state index contributed by atoms with van der Waals surface area (Å²) in [6.07, 6.45) is 0.257. The van der Waals surface area contributed by atoms with E-state index < -0.39 is 0 Å². The van der Waals surface area contributed by atoms with Crippen molar-refractivity contribution in [1.29, 1.82) is 0 Å². The summed E-state index contributed by atoms with van der Waals surface area (Å²) >= 11 is 1.47. The van der Waals surface area contributed by atoms with Gasteiger partial charge in [0.25, 0.3) is 0 Å². The molecule has 0 aromatic carbocycles. The first-order valence-corrected chi connectivity index (χ1v) is 5.88. The highest BCUT2D eigenvalue weighted by molar-refractivity contribution is 7.09. The Morgan fingerprint density at radius 2 is 2.53 bits per heavy atom. The summed E-state index contributed by atoms with van der Waals surface area (Å²) in [5, 5.41) is 4.14. The number of morpholine rings is 1. The largest absolute Gasteiger partial charge is 0.373 e. The lowest BCUT2D eigenvalue weighted by Gasteiger charge is -2.32. The molecular formula is C9H16N4OS. The highest BCUT2D eigenvalue weighted by atomic mass is 32.1. The molecule has 0 aliphatic carbocycles. The molecule has 0 radical (unpaired) electrons. The molecule has 6 heteroatoms. The number of hydrogen-bond donors (Lipinski definition) is 1. The van der Waals surface area contributed by atoms with Crippen LogP contribution >= 0.6 is 11.5 Å². The third kappa shape index (κ3) is 2.64. The van der Waals surface area contributed by atoms with Gasteiger partial charge in [-0.3, -0.25) is 0 Å². The molecule has 1 unspecified atom stereocenters. The van der Waals surface area contributed by atoms with Gasteiger partial charge in [-0.05, 0) is 14.0 Å². The smallest absolute Gasteiger partial charge is 0.205 e. The molecule has 1 saturated heterocycles. The third-order valence-corrected chi connectivity index (χ3v) is 3.23. The monoisotopic (exact) mass is 228 g/mol. The van der Waals surface area contributed by atoms with Crippen molar-refractivity contribution in [2.75, 3.05) is 38.2 Å². The zero-order chi connectivity index (χ0) is 10.7. The van der Waals surface area contributed by atoms with Crippen molar-refractivity contribution in [2.45, 2.75) is 13.0 Å². The van der Waals surface area contributed by atoms with Crippen LogP contribution in [0.15, 0.2) is 0 Å². The lowest BCUT2D eigenvalue weighted by molar-refractivity contribution is 0.0421. The minimum Gasteiger partial charge on any atom is -0.373 e. The third-order valence-electron chi connectivity index (χ3n) is 2.36. The molecule has 0 amide bonds. The van der Waals surface area contributed by atoms with E-state index in [0.717, 1.165) is 37.2 Å². The fourth-order valence-electron chi connectivity index (χ4n) is 1.66. The van der Waals surface area contributed by atoms with Crippen LogP contribution in [0.3, 0.4) is 0 Å². The predicted octanol–water partition coefficient (Wildman–Crippen LogP) is 0.271. The molecule has 15 heavy (non-hydrogen) atoms. The molecule has 1 fully saturated rings. The van der Waals surface area contributed by atoms with E-state index in [1.165, 1.54) is 11.5 Å². The molecule has 0 saturated carbocycles. The Morgan fingerprint density at radius 3 is 3.20 bits per heavy atom. The number of nitrogens with zero attached hydrogens (tertiary/aromatic N) is 3. The normalized spacial score (nSPS) is 22.0. The van der Waals surface area contributed by atoms with E-state index in [9.17, 15) is 0 Å². The highest BCUT2D eigenvalue weighted by Gasteiger charge is 2.22. The average molecular weight is 228 g/mol. The summed E-state index contributed by atoms with van der Waals surface area (Å²) in [4.78, 5) is 6.63. The minimum absolute atomic E-state index is 0.257. The van der Waals surface area contributed by atoms with Crippen molar-refractivity contribution < 1.29 is 4.74 Å². The molecule has 1 atom stereocenters. The first-order valence-electron chi connectivity index (χ1n) is 5.11. The molecule has 1 aliphatic heterocycles. The topological polar surface area (TPSA) is 50.3 Å². The van der Waals surface area contributed by atoms with Gasteiger partial charge in [-0.1, -0.05) is 0 Å². The van der Waals surface area contributed by atoms with E-state index in [1.807, 2.05) is 14.0 Å². The van der Waals surface area contributed by atoms with E-state index in [2.05, 4.69) is 19.6 Å². The maximum absolute atomic E-state index is 5.63. The van der Waals surface area contributed by atoms with Crippen molar-refractivity contribution in [2.24, 2.45) is 0 Å². The fourth-order valence-corrected chi connectivity index (χ4v) is 2.37. The van der Waals surface area contributed by atoms with Crippen molar-refractivity contribution in [3.8, 4) is 0 Å². The first kappa shape index (κ1) is 10.8. The summed E-state index contributed by atoms with van der Waals surface area (Å²) < 4.78 is 9.82. The van der Waals surface area contributed by atoms with Crippen molar-refractivity contribution in [1.82, 2.24) is 14.7 Å². The van der Waals surface area contributed by atoms with Gasteiger partial charge in [0.05, 0.1) is 12.7 Å². The number of nitrogens with one attached hydrogen (secondary N) is 1. The van der Waals surface area contributed by atoms with Gasteiger partial charge in [-0.15, -0.1) is 0 Å².